The van der Waals surface area contributed by atoms with Crippen molar-refractivity contribution < 1.29 is 0 Å². The van der Waals surface area contributed by atoms with Gasteiger partial charge in [-0.3, -0.25) is 0 Å². The van der Waals surface area contributed by atoms with Crippen LogP contribution in [-0.4, -0.2) is 16.0 Å². The van der Waals surface area contributed by atoms with Gasteiger partial charge in [0.25, 0.3) is 0 Å². The van der Waals surface area contributed by atoms with Gasteiger partial charge in [0, 0.05) is 12.2 Å². The summed E-state index contributed by atoms with van der Waals surface area (Å²) in [6.45, 7) is 2.26. The molecule has 0 spiro atoms. The third-order valence-corrected chi connectivity index (χ3v) is 3.93. The molecule has 1 saturated carbocycles. The van der Waals surface area contributed by atoms with E-state index in [2.05, 4.69) is 44.8 Å². The van der Waals surface area contributed by atoms with E-state index in [1.807, 2.05) is 6.20 Å². The van der Waals surface area contributed by atoms with Crippen LogP contribution in [0.4, 0.5) is 5.82 Å². The molecule has 1 fully saturated rings. The molecule has 1 aliphatic carbocycles. The van der Waals surface area contributed by atoms with Crippen LogP contribution in [0, 0.1) is 9.49 Å². The van der Waals surface area contributed by atoms with E-state index in [1.165, 1.54) is 25.7 Å². The molecule has 0 radical (unpaired) electrons. The van der Waals surface area contributed by atoms with Crippen molar-refractivity contribution in [3.63, 3.8) is 0 Å². The quantitative estimate of drug-likeness (QED) is 0.871. The van der Waals surface area contributed by atoms with Gasteiger partial charge in [-0.1, -0.05) is 12.8 Å². The van der Waals surface area contributed by atoms with Gasteiger partial charge in [-0.25, -0.2) is 9.97 Å². The van der Waals surface area contributed by atoms with Crippen molar-refractivity contribution in [2.75, 3.05) is 5.32 Å². The summed E-state index contributed by atoms with van der Waals surface area (Å²) >= 11 is 2.27. The lowest BCUT2D eigenvalue weighted by molar-refractivity contribution is 0.481. The number of halogens is 1. The van der Waals surface area contributed by atoms with Crippen LogP contribution < -0.4 is 5.32 Å². The second-order valence-corrected chi connectivity index (χ2v) is 5.36. The number of hydrogen-bond acceptors (Lipinski definition) is 3. The summed E-state index contributed by atoms with van der Waals surface area (Å²) < 4.78 is 1.10. The fraction of sp³-hybridized carbons (Fsp3) is 0.636. The maximum Gasteiger partial charge on any atom is 0.143 e. The van der Waals surface area contributed by atoms with Crippen molar-refractivity contribution in [1.29, 1.82) is 0 Å². The normalized spacial score (nSPS) is 19.1. The van der Waals surface area contributed by atoms with Gasteiger partial charge in [0.2, 0.25) is 0 Å². The van der Waals surface area contributed by atoms with Gasteiger partial charge in [0.05, 0.1) is 3.57 Å². The molecule has 15 heavy (non-hydrogen) atoms. The SMILES string of the molecule is CC(Nc1ncncc1I)C1CCCC1. The third-order valence-electron chi connectivity index (χ3n) is 3.14. The minimum Gasteiger partial charge on any atom is -0.366 e. The van der Waals surface area contributed by atoms with E-state index >= 15 is 0 Å². The molecule has 1 aliphatic rings. The number of nitrogens with zero attached hydrogens (tertiary/aromatic N) is 2. The van der Waals surface area contributed by atoms with Gasteiger partial charge in [0.15, 0.2) is 0 Å². The first-order chi connectivity index (χ1) is 7.27. The Bertz CT molecular complexity index is 323. The van der Waals surface area contributed by atoms with Gasteiger partial charge in [-0.05, 0) is 48.3 Å². The number of anilines is 1. The molecular weight excluding hydrogens is 301 g/mol. The zero-order valence-corrected chi connectivity index (χ0v) is 11.1. The highest BCUT2D eigenvalue weighted by Crippen LogP contribution is 2.29. The molecule has 0 amide bonds. The lowest BCUT2D eigenvalue weighted by Gasteiger charge is -2.21. The lowest BCUT2D eigenvalue weighted by Crippen LogP contribution is -2.24. The predicted molar refractivity (Wildman–Crippen MR) is 69.8 cm³/mol. The second kappa shape index (κ2) is 5.09. The average Bonchev–Trinajstić information content (AvgIpc) is 2.74. The Hall–Kier alpha value is -0.390. The highest BCUT2D eigenvalue weighted by Gasteiger charge is 2.21. The van der Waals surface area contributed by atoms with Crippen LogP contribution in [0.3, 0.4) is 0 Å². The summed E-state index contributed by atoms with van der Waals surface area (Å²) in [7, 11) is 0. The average molecular weight is 317 g/mol. The molecule has 0 saturated heterocycles. The molecule has 0 aromatic carbocycles. The monoisotopic (exact) mass is 317 g/mol. The minimum atomic E-state index is 0.524. The fourth-order valence-electron chi connectivity index (χ4n) is 2.21. The van der Waals surface area contributed by atoms with Crippen molar-refractivity contribution >= 4 is 28.4 Å². The molecular formula is C11H16IN3. The Morgan fingerprint density at radius 3 is 2.87 bits per heavy atom. The molecule has 4 heteroatoms. The molecule has 1 aromatic rings. The first-order valence-electron chi connectivity index (χ1n) is 5.49. The first kappa shape index (κ1) is 11.1. The molecule has 3 nitrogen and oxygen atoms in total. The fourth-order valence-corrected chi connectivity index (χ4v) is 2.67. The standard InChI is InChI=1S/C11H16IN3/c1-8(9-4-2-3-5-9)15-11-10(12)6-13-7-14-11/h6-9H,2-5H2,1H3,(H,13,14,15). The first-order valence-corrected chi connectivity index (χ1v) is 6.57. The molecule has 1 unspecified atom stereocenters. The highest BCUT2D eigenvalue weighted by molar-refractivity contribution is 14.1. The summed E-state index contributed by atoms with van der Waals surface area (Å²) in [5, 5.41) is 3.49. The lowest BCUT2D eigenvalue weighted by atomic mass is 10.00. The Morgan fingerprint density at radius 1 is 1.47 bits per heavy atom. The minimum absolute atomic E-state index is 0.524. The van der Waals surface area contributed by atoms with E-state index in [4.69, 9.17) is 0 Å². The van der Waals surface area contributed by atoms with E-state index in [0.29, 0.717) is 6.04 Å². The molecule has 1 aromatic heterocycles. The van der Waals surface area contributed by atoms with E-state index in [-0.39, 0.29) is 0 Å². The zero-order chi connectivity index (χ0) is 10.7. The predicted octanol–water partition coefficient (Wildman–Crippen LogP) is 3.07. The van der Waals surface area contributed by atoms with E-state index in [0.717, 1.165) is 15.3 Å². The van der Waals surface area contributed by atoms with Crippen LogP contribution in [0.1, 0.15) is 32.6 Å². The van der Waals surface area contributed by atoms with Gasteiger partial charge >= 0.3 is 0 Å². The van der Waals surface area contributed by atoms with Crippen molar-refractivity contribution in [2.24, 2.45) is 5.92 Å². The third kappa shape index (κ3) is 2.80. The summed E-state index contributed by atoms with van der Waals surface area (Å²) in [5.41, 5.74) is 0. The van der Waals surface area contributed by atoms with Crippen molar-refractivity contribution in [1.82, 2.24) is 9.97 Å². The largest absolute Gasteiger partial charge is 0.366 e. The highest BCUT2D eigenvalue weighted by atomic mass is 127. The second-order valence-electron chi connectivity index (χ2n) is 4.20. The van der Waals surface area contributed by atoms with Crippen molar-refractivity contribution in [3.05, 3.63) is 16.1 Å². The van der Waals surface area contributed by atoms with Crippen molar-refractivity contribution in [2.45, 2.75) is 38.6 Å². The van der Waals surface area contributed by atoms with Gasteiger partial charge in [-0.2, -0.15) is 0 Å². The summed E-state index contributed by atoms with van der Waals surface area (Å²) in [6.07, 6.45) is 8.93. The van der Waals surface area contributed by atoms with Crippen LogP contribution in [-0.2, 0) is 0 Å². The Balaban J connectivity index is 1.99. The van der Waals surface area contributed by atoms with Crippen LogP contribution in [0.15, 0.2) is 12.5 Å². The van der Waals surface area contributed by atoms with Gasteiger partial charge in [-0.15, -0.1) is 0 Å². The van der Waals surface area contributed by atoms with Gasteiger partial charge < -0.3 is 5.32 Å². The molecule has 1 N–H and O–H groups in total. The molecule has 1 heterocycles. The van der Waals surface area contributed by atoms with Crippen LogP contribution in [0.5, 0.6) is 0 Å². The number of nitrogens with one attached hydrogen (secondary N) is 1. The number of rotatable bonds is 3. The zero-order valence-electron chi connectivity index (χ0n) is 8.91. The molecule has 82 valence electrons. The topological polar surface area (TPSA) is 37.8 Å². The van der Waals surface area contributed by atoms with Crippen LogP contribution in [0.2, 0.25) is 0 Å². The van der Waals surface area contributed by atoms with Crippen LogP contribution in [0.25, 0.3) is 0 Å². The van der Waals surface area contributed by atoms with Crippen LogP contribution >= 0.6 is 22.6 Å². The molecule has 0 bridgehead atoms. The van der Waals surface area contributed by atoms with E-state index in [9.17, 15) is 0 Å². The molecule has 0 aliphatic heterocycles. The summed E-state index contributed by atoms with van der Waals surface area (Å²) in [6, 6.07) is 0.524. The van der Waals surface area contributed by atoms with Gasteiger partial charge in [0.1, 0.15) is 12.1 Å². The Labute approximate surface area is 104 Å². The smallest absolute Gasteiger partial charge is 0.143 e. The Kier molecular flexibility index (Phi) is 3.77. The number of hydrogen-bond donors (Lipinski definition) is 1. The van der Waals surface area contributed by atoms with Crippen molar-refractivity contribution in [3.8, 4) is 0 Å². The summed E-state index contributed by atoms with van der Waals surface area (Å²) in [4.78, 5) is 8.25. The maximum absolute atomic E-state index is 4.26. The van der Waals surface area contributed by atoms with E-state index < -0.39 is 0 Å². The maximum atomic E-state index is 4.26. The molecule has 1 atom stereocenters. The Morgan fingerprint density at radius 2 is 2.20 bits per heavy atom. The summed E-state index contributed by atoms with van der Waals surface area (Å²) in [5.74, 6) is 1.79. The molecule has 2 rings (SSSR count). The van der Waals surface area contributed by atoms with E-state index in [1.54, 1.807) is 6.33 Å². The number of aromatic nitrogens is 2.